The number of ketones is 1. The lowest BCUT2D eigenvalue weighted by Crippen LogP contribution is -2.36. The fourth-order valence-electron chi connectivity index (χ4n) is 2.39. The fourth-order valence-corrected chi connectivity index (χ4v) is 2.39. The summed E-state index contributed by atoms with van der Waals surface area (Å²) < 4.78 is 0. The van der Waals surface area contributed by atoms with Gasteiger partial charge in [-0.05, 0) is 30.9 Å². The van der Waals surface area contributed by atoms with Gasteiger partial charge < -0.3 is 0 Å². The van der Waals surface area contributed by atoms with Crippen molar-refractivity contribution in [3.05, 3.63) is 45.8 Å². The standard InChI is InChI=1S/C13H15N3O/c1-10-5-7-11(8-6-10)13(15-16-14)9-3-2-4-12(13)17/h5-8H,2-4,9H2,1H3. The van der Waals surface area contributed by atoms with Crippen molar-refractivity contribution in [2.75, 3.05) is 0 Å². The smallest absolute Gasteiger partial charge is 0.149 e. The zero-order chi connectivity index (χ0) is 12.3. The molecule has 1 atom stereocenters. The molecule has 0 amide bonds. The van der Waals surface area contributed by atoms with Crippen LogP contribution in [0.15, 0.2) is 29.4 Å². The van der Waals surface area contributed by atoms with Crippen molar-refractivity contribution in [2.45, 2.75) is 38.1 Å². The van der Waals surface area contributed by atoms with Crippen LogP contribution in [0.5, 0.6) is 0 Å². The molecule has 1 aliphatic carbocycles. The Bertz CT molecular complexity index is 474. The molecule has 4 heteroatoms. The maximum atomic E-state index is 12.1. The molecule has 0 N–H and O–H groups in total. The minimum atomic E-state index is -0.958. The van der Waals surface area contributed by atoms with Gasteiger partial charge in [-0.3, -0.25) is 4.79 Å². The zero-order valence-corrected chi connectivity index (χ0v) is 9.89. The lowest BCUT2D eigenvalue weighted by atomic mass is 9.76. The van der Waals surface area contributed by atoms with Gasteiger partial charge in [-0.25, -0.2) is 0 Å². The van der Waals surface area contributed by atoms with Crippen LogP contribution in [0.25, 0.3) is 10.4 Å². The third kappa shape index (κ3) is 2.04. The van der Waals surface area contributed by atoms with Gasteiger partial charge >= 0.3 is 0 Å². The van der Waals surface area contributed by atoms with Gasteiger partial charge in [-0.15, -0.1) is 0 Å². The van der Waals surface area contributed by atoms with Crippen LogP contribution in [-0.2, 0) is 10.3 Å². The molecule has 1 unspecified atom stereocenters. The second-order valence-electron chi connectivity index (χ2n) is 4.55. The first kappa shape index (κ1) is 11.7. The lowest BCUT2D eigenvalue weighted by Gasteiger charge is -2.31. The van der Waals surface area contributed by atoms with Gasteiger partial charge in [0.05, 0.1) is 0 Å². The number of carbonyl (C=O) groups excluding carboxylic acids is 1. The molecule has 1 saturated carbocycles. The van der Waals surface area contributed by atoms with E-state index in [-0.39, 0.29) is 5.78 Å². The van der Waals surface area contributed by atoms with Crippen LogP contribution in [0.2, 0.25) is 0 Å². The van der Waals surface area contributed by atoms with E-state index in [9.17, 15) is 4.79 Å². The van der Waals surface area contributed by atoms with Crippen molar-refractivity contribution in [3.63, 3.8) is 0 Å². The molecule has 0 saturated heterocycles. The summed E-state index contributed by atoms with van der Waals surface area (Å²) >= 11 is 0. The maximum absolute atomic E-state index is 12.1. The molecule has 0 aromatic heterocycles. The van der Waals surface area contributed by atoms with Gasteiger partial charge in [-0.1, -0.05) is 41.4 Å². The first-order valence-corrected chi connectivity index (χ1v) is 5.86. The second kappa shape index (κ2) is 4.60. The van der Waals surface area contributed by atoms with Crippen molar-refractivity contribution in [1.82, 2.24) is 0 Å². The number of Topliss-reactive ketones (excluding diaryl/α,β-unsaturated/α-hetero) is 1. The maximum Gasteiger partial charge on any atom is 0.149 e. The molecule has 0 bridgehead atoms. The highest BCUT2D eigenvalue weighted by molar-refractivity contribution is 5.90. The van der Waals surface area contributed by atoms with Crippen LogP contribution in [0.3, 0.4) is 0 Å². The topological polar surface area (TPSA) is 65.8 Å². The molecule has 0 spiro atoms. The molecule has 17 heavy (non-hydrogen) atoms. The van der Waals surface area contributed by atoms with E-state index in [1.807, 2.05) is 31.2 Å². The first-order valence-electron chi connectivity index (χ1n) is 5.86. The van der Waals surface area contributed by atoms with Crippen LogP contribution < -0.4 is 0 Å². The van der Waals surface area contributed by atoms with E-state index in [4.69, 9.17) is 5.53 Å². The monoisotopic (exact) mass is 229 g/mol. The molecule has 0 radical (unpaired) electrons. The number of nitrogens with zero attached hydrogens (tertiary/aromatic N) is 3. The Hall–Kier alpha value is -1.80. The Morgan fingerprint density at radius 1 is 1.29 bits per heavy atom. The zero-order valence-electron chi connectivity index (χ0n) is 9.89. The third-order valence-corrected chi connectivity index (χ3v) is 3.40. The number of rotatable bonds is 2. The molecule has 1 aromatic rings. The van der Waals surface area contributed by atoms with Crippen LogP contribution in [0, 0.1) is 6.92 Å². The molecular formula is C13H15N3O. The molecular weight excluding hydrogens is 214 g/mol. The first-order chi connectivity index (χ1) is 8.19. The van der Waals surface area contributed by atoms with Crippen LogP contribution >= 0.6 is 0 Å². The highest BCUT2D eigenvalue weighted by Gasteiger charge is 2.40. The summed E-state index contributed by atoms with van der Waals surface area (Å²) in [6.45, 7) is 1.99. The Morgan fingerprint density at radius 2 is 2.00 bits per heavy atom. The Morgan fingerprint density at radius 3 is 2.59 bits per heavy atom. The van der Waals surface area contributed by atoms with Crippen LogP contribution in [-0.4, -0.2) is 5.78 Å². The summed E-state index contributed by atoms with van der Waals surface area (Å²) in [5.74, 6) is 0.0467. The van der Waals surface area contributed by atoms with E-state index in [2.05, 4.69) is 10.0 Å². The van der Waals surface area contributed by atoms with E-state index in [1.165, 1.54) is 0 Å². The quantitative estimate of drug-likeness (QED) is 0.433. The average molecular weight is 229 g/mol. The summed E-state index contributed by atoms with van der Waals surface area (Å²) in [6.07, 6.45) is 2.96. The lowest BCUT2D eigenvalue weighted by molar-refractivity contribution is -0.126. The molecule has 4 nitrogen and oxygen atoms in total. The van der Waals surface area contributed by atoms with Crippen molar-refractivity contribution in [1.29, 1.82) is 0 Å². The molecule has 2 rings (SSSR count). The molecule has 88 valence electrons. The van der Waals surface area contributed by atoms with Crippen molar-refractivity contribution < 1.29 is 4.79 Å². The number of azide groups is 1. The molecule has 1 fully saturated rings. The van der Waals surface area contributed by atoms with Gasteiger partial charge in [-0.2, -0.15) is 0 Å². The van der Waals surface area contributed by atoms with Crippen molar-refractivity contribution >= 4 is 5.78 Å². The van der Waals surface area contributed by atoms with E-state index in [1.54, 1.807) is 0 Å². The summed E-state index contributed by atoms with van der Waals surface area (Å²) in [5.41, 5.74) is 9.72. The number of carbonyl (C=O) groups is 1. The van der Waals surface area contributed by atoms with Gasteiger partial charge in [0.15, 0.2) is 0 Å². The summed E-state index contributed by atoms with van der Waals surface area (Å²) in [6, 6.07) is 7.69. The van der Waals surface area contributed by atoms with E-state index >= 15 is 0 Å². The van der Waals surface area contributed by atoms with Gasteiger partial charge in [0.25, 0.3) is 0 Å². The SMILES string of the molecule is Cc1ccc(C2(N=[N+]=[N-])CCCCC2=O)cc1. The molecule has 0 heterocycles. The summed E-state index contributed by atoms with van der Waals surface area (Å²) in [5, 5.41) is 3.83. The average Bonchev–Trinajstić information content (AvgIpc) is 2.33. The summed E-state index contributed by atoms with van der Waals surface area (Å²) in [7, 11) is 0. The second-order valence-corrected chi connectivity index (χ2v) is 4.55. The van der Waals surface area contributed by atoms with E-state index in [0.29, 0.717) is 12.8 Å². The predicted molar refractivity (Wildman–Crippen MR) is 65.5 cm³/mol. The highest BCUT2D eigenvalue weighted by atomic mass is 16.1. The number of aryl methyl sites for hydroxylation is 1. The Kier molecular flexibility index (Phi) is 3.16. The molecule has 1 aliphatic rings. The van der Waals surface area contributed by atoms with Crippen molar-refractivity contribution in [2.24, 2.45) is 5.11 Å². The van der Waals surface area contributed by atoms with Gasteiger partial charge in [0.2, 0.25) is 0 Å². The van der Waals surface area contributed by atoms with E-state index in [0.717, 1.165) is 24.0 Å². The van der Waals surface area contributed by atoms with Crippen LogP contribution in [0.1, 0.15) is 36.8 Å². The fraction of sp³-hybridized carbons (Fsp3) is 0.462. The summed E-state index contributed by atoms with van der Waals surface area (Å²) in [4.78, 5) is 15.0. The van der Waals surface area contributed by atoms with Gasteiger partial charge in [0.1, 0.15) is 11.3 Å². The highest BCUT2D eigenvalue weighted by Crippen LogP contribution is 2.38. The normalized spacial score (nSPS) is 24.2. The largest absolute Gasteiger partial charge is 0.299 e. The number of benzene rings is 1. The Labute approximate surface area is 100 Å². The van der Waals surface area contributed by atoms with Crippen LogP contribution in [0.4, 0.5) is 0 Å². The van der Waals surface area contributed by atoms with E-state index < -0.39 is 5.54 Å². The van der Waals surface area contributed by atoms with Crippen molar-refractivity contribution in [3.8, 4) is 0 Å². The minimum Gasteiger partial charge on any atom is -0.299 e. The van der Waals surface area contributed by atoms with Gasteiger partial charge in [0, 0.05) is 11.3 Å². The minimum absolute atomic E-state index is 0.0467. The third-order valence-electron chi connectivity index (χ3n) is 3.40. The number of hydrogen-bond acceptors (Lipinski definition) is 2. The Balaban J connectivity index is 2.50. The number of hydrogen-bond donors (Lipinski definition) is 0. The molecule has 0 aliphatic heterocycles. The molecule has 1 aromatic carbocycles. The predicted octanol–water partition coefficient (Wildman–Crippen LogP) is 3.64.